The molecular weight excluding hydrogens is 588 g/mol. The van der Waals surface area contributed by atoms with Crippen molar-refractivity contribution >= 4 is 12.1 Å². The first-order chi connectivity index (χ1) is 21.5. The summed E-state index contributed by atoms with van der Waals surface area (Å²) in [5.74, 6) is -0.430. The number of amides is 1. The number of aliphatic hydroxyl groups is 3. The Morgan fingerprint density at radius 2 is 2.00 bits per heavy atom. The SMILES string of the molecule is CC[C@H](O)[C@@H](C)[C@H]1O[C@@H]1C[C@H](C)C=CC=C(C)[C@H]1OC(=O)C[C@H](O)CC[C@@](C)(O)[C@@H](OC(=O)N2C[C@H]3C[C@@H]2C[N+]3(C)C)C=C[C@@H]1C. The van der Waals surface area contributed by atoms with Gasteiger partial charge >= 0.3 is 12.1 Å². The third-order valence-corrected chi connectivity index (χ3v) is 10.9. The van der Waals surface area contributed by atoms with Gasteiger partial charge in [-0.1, -0.05) is 52.0 Å². The molecule has 0 aliphatic carbocycles. The normalized spacial score (nSPS) is 38.5. The summed E-state index contributed by atoms with van der Waals surface area (Å²) in [6, 6.07) is 0.501. The highest BCUT2D eigenvalue weighted by molar-refractivity contribution is 5.70. The van der Waals surface area contributed by atoms with E-state index in [0.717, 1.165) is 29.4 Å². The van der Waals surface area contributed by atoms with Gasteiger partial charge in [-0.05, 0) is 57.1 Å². The summed E-state index contributed by atoms with van der Waals surface area (Å²) in [7, 11) is 4.38. The Bertz CT molecular complexity index is 1160. The van der Waals surface area contributed by atoms with Crippen LogP contribution in [0.15, 0.2) is 36.0 Å². The van der Waals surface area contributed by atoms with Crippen LogP contribution < -0.4 is 0 Å². The van der Waals surface area contributed by atoms with E-state index in [4.69, 9.17) is 14.2 Å². The van der Waals surface area contributed by atoms with E-state index in [-0.39, 0.29) is 61.4 Å². The largest absolute Gasteiger partial charge is 0.457 e. The van der Waals surface area contributed by atoms with E-state index in [2.05, 4.69) is 27.1 Å². The average Bonchev–Trinajstić information content (AvgIpc) is 3.50. The van der Waals surface area contributed by atoms with Crippen molar-refractivity contribution in [2.24, 2.45) is 17.8 Å². The number of quaternary nitrogens is 1. The summed E-state index contributed by atoms with van der Waals surface area (Å²) in [4.78, 5) is 28.0. The van der Waals surface area contributed by atoms with Crippen LogP contribution in [-0.2, 0) is 19.0 Å². The number of likely N-dealkylation sites (N-methyl/N-ethyl adjacent to an activating group) is 1. The molecule has 260 valence electrons. The van der Waals surface area contributed by atoms with E-state index in [1.165, 1.54) is 0 Å². The highest BCUT2D eigenvalue weighted by atomic mass is 16.6. The van der Waals surface area contributed by atoms with Crippen LogP contribution in [0.4, 0.5) is 4.79 Å². The molecule has 4 aliphatic rings. The molecule has 46 heavy (non-hydrogen) atoms. The molecule has 1 amide bonds. The van der Waals surface area contributed by atoms with Crippen molar-refractivity contribution in [2.45, 2.75) is 134 Å². The third kappa shape index (κ3) is 9.01. The van der Waals surface area contributed by atoms with Crippen molar-refractivity contribution in [3.05, 3.63) is 36.0 Å². The molecule has 12 atom stereocenters. The lowest BCUT2D eigenvalue weighted by atomic mass is 9.88. The fourth-order valence-electron chi connectivity index (χ4n) is 7.45. The van der Waals surface area contributed by atoms with E-state index in [1.807, 2.05) is 45.9 Å². The molecule has 10 heteroatoms. The van der Waals surface area contributed by atoms with Gasteiger partial charge in [0.1, 0.15) is 17.7 Å². The Kier molecular flexibility index (Phi) is 11.8. The quantitative estimate of drug-likeness (QED) is 0.112. The zero-order valence-electron chi connectivity index (χ0n) is 29.2. The lowest BCUT2D eigenvalue weighted by molar-refractivity contribution is -0.906. The first kappa shape index (κ1) is 36.6. The zero-order valence-corrected chi connectivity index (χ0v) is 29.2. The number of rotatable bonds is 9. The topological polar surface area (TPSA) is 129 Å². The number of piperazine rings is 1. The third-order valence-electron chi connectivity index (χ3n) is 10.9. The second-order valence-corrected chi connectivity index (χ2v) is 15.4. The van der Waals surface area contributed by atoms with E-state index in [1.54, 1.807) is 17.9 Å². The van der Waals surface area contributed by atoms with Gasteiger partial charge in [0.15, 0.2) is 6.10 Å². The van der Waals surface area contributed by atoms with Gasteiger partial charge in [0.25, 0.3) is 0 Å². The van der Waals surface area contributed by atoms with Crippen molar-refractivity contribution in [3.63, 3.8) is 0 Å². The van der Waals surface area contributed by atoms with Crippen molar-refractivity contribution in [1.29, 1.82) is 0 Å². The monoisotopic (exact) mass is 647 g/mol. The molecule has 2 bridgehead atoms. The maximum Gasteiger partial charge on any atom is 0.411 e. The van der Waals surface area contributed by atoms with Crippen molar-refractivity contribution in [3.8, 4) is 0 Å². The smallest absolute Gasteiger partial charge is 0.411 e. The minimum absolute atomic E-state index is 0.0995. The van der Waals surface area contributed by atoms with Crippen LogP contribution in [0.5, 0.6) is 0 Å². The summed E-state index contributed by atoms with van der Waals surface area (Å²) in [6.07, 6.45) is 9.12. The first-order valence-corrected chi connectivity index (χ1v) is 17.3. The van der Waals surface area contributed by atoms with Gasteiger partial charge in [-0.15, -0.1) is 0 Å². The second kappa shape index (κ2) is 14.9. The predicted molar refractivity (Wildman–Crippen MR) is 176 cm³/mol. The number of hydrogen-bond acceptors (Lipinski definition) is 8. The van der Waals surface area contributed by atoms with Gasteiger partial charge < -0.3 is 34.0 Å². The van der Waals surface area contributed by atoms with Crippen LogP contribution in [0.25, 0.3) is 0 Å². The molecule has 0 aromatic heterocycles. The van der Waals surface area contributed by atoms with Crippen LogP contribution in [0, 0.1) is 17.8 Å². The molecule has 0 aromatic rings. The minimum Gasteiger partial charge on any atom is -0.457 e. The zero-order chi connectivity index (χ0) is 34.0. The van der Waals surface area contributed by atoms with Crippen LogP contribution in [0.1, 0.15) is 80.1 Å². The van der Waals surface area contributed by atoms with Gasteiger partial charge in [0, 0.05) is 18.3 Å². The van der Waals surface area contributed by atoms with Gasteiger partial charge in [-0.2, -0.15) is 0 Å². The first-order valence-electron chi connectivity index (χ1n) is 17.3. The lowest BCUT2D eigenvalue weighted by Crippen LogP contribution is -2.57. The van der Waals surface area contributed by atoms with Crippen molar-refractivity contribution in [1.82, 2.24) is 4.90 Å². The summed E-state index contributed by atoms with van der Waals surface area (Å²) < 4.78 is 18.6. The summed E-state index contributed by atoms with van der Waals surface area (Å²) >= 11 is 0. The summed E-state index contributed by atoms with van der Waals surface area (Å²) in [5.41, 5.74) is -0.616. The van der Waals surface area contributed by atoms with E-state index in [0.29, 0.717) is 19.0 Å². The average molecular weight is 648 g/mol. The highest BCUT2D eigenvalue weighted by Crippen LogP contribution is 2.37. The van der Waals surface area contributed by atoms with Gasteiger partial charge in [-0.3, -0.25) is 9.69 Å². The number of cyclic esters (lactones) is 1. The number of carbonyl (C=O) groups is 2. The molecule has 0 unspecified atom stereocenters. The number of carbonyl (C=O) groups excluding carboxylic acids is 2. The Hall–Kier alpha value is -2.24. The predicted octanol–water partition coefficient (Wildman–Crippen LogP) is 4.13. The summed E-state index contributed by atoms with van der Waals surface area (Å²) in [5, 5.41) is 32.2. The number of allylic oxidation sites excluding steroid dienone is 3. The Balaban J connectivity index is 1.44. The van der Waals surface area contributed by atoms with Crippen LogP contribution in [-0.4, -0.2) is 118 Å². The van der Waals surface area contributed by atoms with Crippen LogP contribution in [0.3, 0.4) is 0 Å². The minimum atomic E-state index is -1.44. The molecule has 0 saturated carbocycles. The second-order valence-electron chi connectivity index (χ2n) is 15.4. The number of aliphatic hydroxyl groups excluding tert-OH is 2. The molecule has 4 rings (SSSR count). The Labute approximate surface area is 275 Å². The molecule has 0 aromatic carbocycles. The fourth-order valence-corrected chi connectivity index (χ4v) is 7.45. The van der Waals surface area contributed by atoms with Crippen LogP contribution >= 0.6 is 0 Å². The number of esters is 1. The van der Waals surface area contributed by atoms with Crippen molar-refractivity contribution in [2.75, 3.05) is 27.2 Å². The maximum atomic E-state index is 13.4. The number of likely N-dealkylation sites (tertiary alicyclic amines) is 2. The van der Waals surface area contributed by atoms with Gasteiger partial charge in [0.05, 0.1) is 64.1 Å². The van der Waals surface area contributed by atoms with Gasteiger partial charge in [0.2, 0.25) is 0 Å². The van der Waals surface area contributed by atoms with Crippen molar-refractivity contribution < 1.29 is 43.6 Å². The number of ether oxygens (including phenoxy) is 3. The molecule has 3 N–H and O–H groups in total. The molecule has 4 aliphatic heterocycles. The van der Waals surface area contributed by atoms with Crippen LogP contribution in [0.2, 0.25) is 0 Å². The number of fused-ring (bicyclic) bond motifs is 2. The number of epoxide rings is 1. The van der Waals surface area contributed by atoms with E-state index in [9.17, 15) is 24.9 Å². The molecular formula is C36H59N2O8+. The molecule has 10 nitrogen and oxygen atoms in total. The van der Waals surface area contributed by atoms with E-state index < -0.39 is 36.0 Å². The van der Waals surface area contributed by atoms with Gasteiger partial charge in [-0.25, -0.2) is 4.79 Å². The fraction of sp³-hybridized carbons (Fsp3) is 0.778. The molecule has 0 spiro atoms. The molecule has 3 fully saturated rings. The molecule has 0 radical (unpaired) electrons. The standard InChI is InChI=1S/C36H59N2O8/c1-9-29(40)25(5)34-30(44-34)17-22(2)11-10-12-23(3)33-24(4)13-14-31(36(6,43)16-15-28(39)19-32(41)46-33)45-35(42)37-20-27-18-26(37)21-38(27,7)8/h10-14,22,24-31,33-34,39-40,43H,9,15-21H2,1-8H3/q+1/t22-,24+,25-,26-,27-,28-,29+,30-,31+,33-,34-,36-/m1/s1. The number of hydrogen-bond donors (Lipinski definition) is 3. The van der Waals surface area contributed by atoms with E-state index >= 15 is 0 Å². The highest BCUT2D eigenvalue weighted by Gasteiger charge is 2.53. The maximum absolute atomic E-state index is 13.4. The molecule has 3 saturated heterocycles. The summed E-state index contributed by atoms with van der Waals surface area (Å²) in [6.45, 7) is 13.1. The Morgan fingerprint density at radius 1 is 1.28 bits per heavy atom. The lowest BCUT2D eigenvalue weighted by Gasteiger charge is -2.39. The molecule has 4 heterocycles. The Morgan fingerprint density at radius 3 is 2.63 bits per heavy atom. The number of nitrogens with zero attached hydrogens (tertiary/aromatic N) is 2.